The second-order valence-electron chi connectivity index (χ2n) is 1.91. The van der Waals surface area contributed by atoms with E-state index in [0.717, 1.165) is 5.69 Å². The SMILES string of the molecule is O=C1NCc2[nH]cnc21. The van der Waals surface area contributed by atoms with Crippen molar-refractivity contribution in [3.8, 4) is 0 Å². The summed E-state index contributed by atoms with van der Waals surface area (Å²) in [7, 11) is 0. The maximum atomic E-state index is 10.7. The zero-order valence-electron chi connectivity index (χ0n) is 4.64. The third-order valence-electron chi connectivity index (χ3n) is 1.36. The number of aromatic amines is 1. The van der Waals surface area contributed by atoms with Crippen molar-refractivity contribution in [1.29, 1.82) is 0 Å². The second-order valence-corrected chi connectivity index (χ2v) is 1.91. The van der Waals surface area contributed by atoms with Crippen LogP contribution in [0.3, 0.4) is 0 Å². The Kier molecular flexibility index (Phi) is 0.677. The van der Waals surface area contributed by atoms with Crippen LogP contribution in [-0.2, 0) is 6.54 Å². The Morgan fingerprint density at radius 3 is 3.33 bits per heavy atom. The van der Waals surface area contributed by atoms with Crippen LogP contribution in [0.15, 0.2) is 6.33 Å². The minimum Gasteiger partial charge on any atom is -0.346 e. The number of hydrogen-bond acceptors (Lipinski definition) is 2. The van der Waals surface area contributed by atoms with Crippen molar-refractivity contribution in [3.63, 3.8) is 0 Å². The van der Waals surface area contributed by atoms with Crippen LogP contribution in [0.1, 0.15) is 16.2 Å². The van der Waals surface area contributed by atoms with Gasteiger partial charge in [0, 0.05) is 0 Å². The fraction of sp³-hybridized carbons (Fsp3) is 0.200. The van der Waals surface area contributed by atoms with Crippen LogP contribution in [0.4, 0.5) is 0 Å². The number of imidazole rings is 1. The first-order valence-corrected chi connectivity index (χ1v) is 2.68. The lowest BCUT2D eigenvalue weighted by molar-refractivity contribution is 0.0961. The molecule has 1 aliphatic rings. The number of amides is 1. The van der Waals surface area contributed by atoms with Gasteiger partial charge in [-0.05, 0) is 0 Å². The number of nitrogens with one attached hydrogen (secondary N) is 2. The van der Waals surface area contributed by atoms with Crippen LogP contribution in [0.2, 0.25) is 0 Å². The van der Waals surface area contributed by atoms with Gasteiger partial charge in [0.1, 0.15) is 0 Å². The van der Waals surface area contributed by atoms with Crippen molar-refractivity contribution in [2.75, 3.05) is 0 Å². The highest BCUT2D eigenvalue weighted by Crippen LogP contribution is 2.07. The summed E-state index contributed by atoms with van der Waals surface area (Å²) in [5.74, 6) is -0.0775. The molecule has 1 aromatic heterocycles. The van der Waals surface area contributed by atoms with Gasteiger partial charge >= 0.3 is 0 Å². The molecule has 0 aromatic carbocycles. The van der Waals surface area contributed by atoms with Crippen LogP contribution >= 0.6 is 0 Å². The Morgan fingerprint density at radius 2 is 2.56 bits per heavy atom. The highest BCUT2D eigenvalue weighted by Gasteiger charge is 2.20. The van der Waals surface area contributed by atoms with E-state index in [1.54, 1.807) is 0 Å². The van der Waals surface area contributed by atoms with Gasteiger partial charge in [-0.3, -0.25) is 4.79 Å². The van der Waals surface area contributed by atoms with Gasteiger partial charge < -0.3 is 10.3 Å². The molecule has 1 amide bonds. The van der Waals surface area contributed by atoms with Gasteiger partial charge in [0.2, 0.25) is 0 Å². The molecule has 0 atom stereocenters. The first kappa shape index (κ1) is 4.55. The fourth-order valence-corrected chi connectivity index (χ4v) is 0.904. The second kappa shape index (κ2) is 1.34. The largest absolute Gasteiger partial charge is 0.346 e. The van der Waals surface area contributed by atoms with E-state index in [4.69, 9.17) is 0 Å². The highest BCUT2D eigenvalue weighted by atomic mass is 16.2. The molecule has 2 rings (SSSR count). The molecule has 1 aliphatic heterocycles. The first-order chi connectivity index (χ1) is 4.38. The van der Waals surface area contributed by atoms with Crippen molar-refractivity contribution >= 4 is 5.91 Å². The maximum Gasteiger partial charge on any atom is 0.272 e. The molecule has 0 aliphatic carbocycles. The molecule has 9 heavy (non-hydrogen) atoms. The first-order valence-electron chi connectivity index (χ1n) is 2.68. The van der Waals surface area contributed by atoms with Gasteiger partial charge in [-0.2, -0.15) is 0 Å². The average molecular weight is 123 g/mol. The highest BCUT2D eigenvalue weighted by molar-refractivity contribution is 5.95. The van der Waals surface area contributed by atoms with E-state index in [0.29, 0.717) is 12.2 Å². The van der Waals surface area contributed by atoms with Gasteiger partial charge in [0.25, 0.3) is 5.91 Å². The lowest BCUT2D eigenvalue weighted by atomic mass is 10.4. The summed E-state index contributed by atoms with van der Waals surface area (Å²) in [4.78, 5) is 17.4. The minimum atomic E-state index is -0.0775. The molecular weight excluding hydrogens is 118 g/mol. The lowest BCUT2D eigenvalue weighted by Gasteiger charge is -1.84. The van der Waals surface area contributed by atoms with Crippen molar-refractivity contribution in [1.82, 2.24) is 15.3 Å². The van der Waals surface area contributed by atoms with Crippen molar-refractivity contribution in [2.24, 2.45) is 0 Å². The molecule has 0 fully saturated rings. The molecule has 4 heteroatoms. The van der Waals surface area contributed by atoms with E-state index in [1.807, 2.05) is 0 Å². The monoisotopic (exact) mass is 123 g/mol. The molecule has 0 saturated carbocycles. The van der Waals surface area contributed by atoms with Crippen LogP contribution in [0.5, 0.6) is 0 Å². The van der Waals surface area contributed by atoms with Gasteiger partial charge in [0.05, 0.1) is 18.6 Å². The topological polar surface area (TPSA) is 57.8 Å². The smallest absolute Gasteiger partial charge is 0.272 e. The van der Waals surface area contributed by atoms with Crippen LogP contribution < -0.4 is 5.32 Å². The predicted molar refractivity (Wildman–Crippen MR) is 29.8 cm³/mol. The van der Waals surface area contributed by atoms with Gasteiger partial charge in [-0.15, -0.1) is 0 Å². The Balaban J connectivity index is 2.61. The maximum absolute atomic E-state index is 10.7. The van der Waals surface area contributed by atoms with Crippen LogP contribution in [0.25, 0.3) is 0 Å². The minimum absolute atomic E-state index is 0.0775. The number of hydrogen-bond donors (Lipinski definition) is 2. The van der Waals surface area contributed by atoms with Crippen molar-refractivity contribution < 1.29 is 4.79 Å². The number of carbonyl (C=O) groups is 1. The summed E-state index contributed by atoms with van der Waals surface area (Å²) in [5.41, 5.74) is 1.43. The summed E-state index contributed by atoms with van der Waals surface area (Å²) in [5, 5.41) is 2.63. The van der Waals surface area contributed by atoms with E-state index in [2.05, 4.69) is 15.3 Å². The summed E-state index contributed by atoms with van der Waals surface area (Å²) >= 11 is 0. The molecule has 1 aromatic rings. The van der Waals surface area contributed by atoms with E-state index in [9.17, 15) is 4.79 Å². The Bertz CT molecular complexity index is 252. The quantitative estimate of drug-likeness (QED) is 0.495. The normalized spacial score (nSPS) is 15.3. The predicted octanol–water partition coefficient (Wildman–Crippen LogP) is -0.347. The Morgan fingerprint density at radius 1 is 1.67 bits per heavy atom. The zero-order chi connectivity index (χ0) is 6.27. The number of aromatic nitrogens is 2. The molecule has 2 N–H and O–H groups in total. The molecule has 46 valence electrons. The molecule has 0 bridgehead atoms. The number of rotatable bonds is 0. The summed E-state index contributed by atoms with van der Waals surface area (Å²) in [6, 6.07) is 0. The molecule has 0 unspecified atom stereocenters. The molecule has 0 spiro atoms. The van der Waals surface area contributed by atoms with Crippen LogP contribution in [-0.4, -0.2) is 15.9 Å². The number of nitrogens with zero attached hydrogens (tertiary/aromatic N) is 1. The van der Waals surface area contributed by atoms with E-state index in [1.165, 1.54) is 6.33 Å². The van der Waals surface area contributed by atoms with Crippen LogP contribution in [0, 0.1) is 0 Å². The molecule has 2 heterocycles. The number of fused-ring (bicyclic) bond motifs is 1. The van der Waals surface area contributed by atoms with E-state index >= 15 is 0 Å². The fourth-order valence-electron chi connectivity index (χ4n) is 0.904. The summed E-state index contributed by atoms with van der Waals surface area (Å²) in [6.07, 6.45) is 1.53. The third-order valence-corrected chi connectivity index (χ3v) is 1.36. The lowest BCUT2D eigenvalue weighted by Crippen LogP contribution is -2.13. The van der Waals surface area contributed by atoms with E-state index < -0.39 is 0 Å². The van der Waals surface area contributed by atoms with Crippen molar-refractivity contribution in [3.05, 3.63) is 17.7 Å². The number of carbonyl (C=O) groups excluding carboxylic acids is 1. The molecular formula is C5H5N3O. The Labute approximate surface area is 51.3 Å². The van der Waals surface area contributed by atoms with Gasteiger partial charge in [-0.1, -0.05) is 0 Å². The molecule has 4 nitrogen and oxygen atoms in total. The zero-order valence-corrected chi connectivity index (χ0v) is 4.64. The molecule has 0 saturated heterocycles. The average Bonchev–Trinajstić information content (AvgIpc) is 2.35. The van der Waals surface area contributed by atoms with Gasteiger partial charge in [0.15, 0.2) is 5.69 Å². The number of H-pyrrole nitrogens is 1. The van der Waals surface area contributed by atoms with E-state index in [-0.39, 0.29) is 5.91 Å². The Hall–Kier alpha value is -1.32. The summed E-state index contributed by atoms with van der Waals surface area (Å²) < 4.78 is 0. The van der Waals surface area contributed by atoms with Crippen molar-refractivity contribution in [2.45, 2.75) is 6.54 Å². The molecule has 0 radical (unpaired) electrons. The summed E-state index contributed by atoms with van der Waals surface area (Å²) in [6.45, 7) is 0.591. The standard InChI is InChI=1S/C5H5N3O/c9-5-4-3(1-6-5)7-2-8-4/h2H,1H2,(H,6,9)(H,7,8). The third kappa shape index (κ3) is 0.468. The van der Waals surface area contributed by atoms with Gasteiger partial charge in [-0.25, -0.2) is 4.98 Å².